The van der Waals surface area contributed by atoms with E-state index in [1.54, 1.807) is 21.1 Å². The van der Waals surface area contributed by atoms with Crippen LogP contribution in [0.3, 0.4) is 0 Å². The molecule has 230 valence electrons. The van der Waals surface area contributed by atoms with Gasteiger partial charge in [0.1, 0.15) is 12.2 Å². The second-order valence-corrected chi connectivity index (χ2v) is 12.3. The van der Waals surface area contributed by atoms with Gasteiger partial charge in [-0.1, -0.05) is 6.07 Å². The van der Waals surface area contributed by atoms with Crippen molar-refractivity contribution >= 4 is 43.1 Å². The zero-order valence-electron chi connectivity index (χ0n) is 21.9. The second kappa shape index (κ2) is 13.8. The molecule has 0 radical (unpaired) electrons. The normalized spacial score (nSPS) is 15.1. The number of rotatable bonds is 16. The summed E-state index contributed by atoms with van der Waals surface area (Å²) in [6.07, 6.45) is -2.67. The molecule has 40 heavy (non-hydrogen) atoms. The molecule has 0 aliphatic rings. The maximum Gasteiger partial charge on any atom is 0.446 e. The molecule has 0 amide bonds. The third kappa shape index (κ3) is 13.6. The lowest BCUT2D eigenvalue weighted by atomic mass is 10.0. The van der Waals surface area contributed by atoms with E-state index in [1.807, 2.05) is 0 Å². The quantitative estimate of drug-likeness (QED) is 0.0314. The second-order valence-electron chi connectivity index (χ2n) is 9.22. The van der Waals surface area contributed by atoms with Gasteiger partial charge in [-0.3, -0.25) is 18.3 Å². The maximum absolute atomic E-state index is 13.1. The predicted octanol–water partition coefficient (Wildman–Crippen LogP) is -1.23. The molecule has 0 fully saturated rings. The predicted molar refractivity (Wildman–Crippen MR) is 136 cm³/mol. The van der Waals surface area contributed by atoms with Gasteiger partial charge in [-0.15, -0.1) is 0 Å². The topological polar surface area (TPSA) is 284 Å². The Hall–Kier alpha value is -2.63. The van der Waals surface area contributed by atoms with Crippen LogP contribution < -0.4 is 15.7 Å². The van der Waals surface area contributed by atoms with Crippen molar-refractivity contribution in [3.8, 4) is 5.75 Å². The SMILES string of the molecule is CC(OC(=O)C(CCCN=C(N)N)[N+](C)(C)C)C(OS(=O)(=O)[O-])c1ccc(OS(=O)(=O)O)c(COS(=O)(=O)O)c1. The fourth-order valence-corrected chi connectivity index (χ4v) is 4.58. The summed E-state index contributed by atoms with van der Waals surface area (Å²) < 4.78 is 115. The van der Waals surface area contributed by atoms with E-state index in [-0.39, 0.29) is 29.0 Å². The van der Waals surface area contributed by atoms with Gasteiger partial charge in [-0.25, -0.2) is 17.4 Å². The average Bonchev–Trinajstić information content (AvgIpc) is 2.73. The number of hydrogen-bond donors (Lipinski definition) is 4. The molecule has 0 saturated carbocycles. The van der Waals surface area contributed by atoms with Crippen molar-refractivity contribution in [2.45, 2.75) is 44.6 Å². The van der Waals surface area contributed by atoms with Crippen LogP contribution in [0.2, 0.25) is 0 Å². The molecule has 3 unspecified atom stereocenters. The first-order valence-corrected chi connectivity index (χ1v) is 15.2. The van der Waals surface area contributed by atoms with Crippen LogP contribution in [-0.4, -0.2) is 95.2 Å². The molecular formula is C19H32N4O14S3. The average molecular weight is 637 g/mol. The van der Waals surface area contributed by atoms with E-state index in [2.05, 4.69) is 17.5 Å². The molecule has 0 aliphatic heterocycles. The van der Waals surface area contributed by atoms with Gasteiger partial charge in [-0.05, 0) is 31.0 Å². The number of guanidine groups is 1. The fraction of sp³-hybridized carbons (Fsp3) is 0.579. The number of aliphatic imine (C=N–C) groups is 1. The van der Waals surface area contributed by atoms with Gasteiger partial charge < -0.3 is 29.4 Å². The number of nitrogens with zero attached hydrogens (tertiary/aromatic N) is 2. The van der Waals surface area contributed by atoms with Crippen molar-refractivity contribution in [1.29, 1.82) is 0 Å². The molecule has 3 atom stereocenters. The number of esters is 1. The summed E-state index contributed by atoms with van der Waals surface area (Å²) in [6.45, 7) is 0.354. The summed E-state index contributed by atoms with van der Waals surface area (Å²) in [5, 5.41) is 0. The van der Waals surface area contributed by atoms with Crippen LogP contribution in [0.15, 0.2) is 23.2 Å². The molecule has 6 N–H and O–H groups in total. The molecule has 0 spiro atoms. The summed E-state index contributed by atoms with van der Waals surface area (Å²) in [7, 11) is -10.5. The molecule has 0 aromatic heterocycles. The summed E-state index contributed by atoms with van der Waals surface area (Å²) in [4.78, 5) is 16.9. The van der Waals surface area contributed by atoms with E-state index < -0.39 is 73.3 Å². The smallest absolute Gasteiger partial charge is 0.446 e. The minimum Gasteiger partial charge on any atom is -0.726 e. The Bertz CT molecular complexity index is 1390. The molecule has 1 aromatic carbocycles. The lowest BCUT2D eigenvalue weighted by Crippen LogP contribution is -2.51. The molecule has 0 bridgehead atoms. The van der Waals surface area contributed by atoms with Gasteiger partial charge in [0.2, 0.25) is 10.4 Å². The van der Waals surface area contributed by atoms with E-state index in [4.69, 9.17) is 25.3 Å². The van der Waals surface area contributed by atoms with Crippen LogP contribution in [0.5, 0.6) is 5.75 Å². The summed E-state index contributed by atoms with van der Waals surface area (Å²) in [5.41, 5.74) is 9.88. The molecule has 0 aliphatic carbocycles. The Balaban J connectivity index is 3.41. The Kier molecular flexibility index (Phi) is 12.2. The number of carbonyl (C=O) groups is 1. The largest absolute Gasteiger partial charge is 0.726 e. The van der Waals surface area contributed by atoms with E-state index in [1.165, 1.54) is 6.92 Å². The Morgan fingerprint density at radius 2 is 1.68 bits per heavy atom. The van der Waals surface area contributed by atoms with Crippen molar-refractivity contribution in [2.75, 3.05) is 27.7 Å². The Morgan fingerprint density at radius 1 is 1.07 bits per heavy atom. The van der Waals surface area contributed by atoms with Crippen molar-refractivity contribution in [3.63, 3.8) is 0 Å². The molecule has 0 heterocycles. The first kappa shape index (κ1) is 35.4. The maximum atomic E-state index is 13.1. The van der Waals surface area contributed by atoms with E-state index >= 15 is 0 Å². The van der Waals surface area contributed by atoms with Crippen LogP contribution in [0.1, 0.15) is 37.0 Å². The van der Waals surface area contributed by atoms with Gasteiger partial charge in [0.05, 0.1) is 27.7 Å². The zero-order valence-corrected chi connectivity index (χ0v) is 24.3. The van der Waals surface area contributed by atoms with Crippen molar-refractivity contribution in [3.05, 3.63) is 29.3 Å². The highest BCUT2D eigenvalue weighted by molar-refractivity contribution is 7.81. The van der Waals surface area contributed by atoms with E-state index in [0.717, 1.165) is 18.2 Å². The number of quaternary nitrogens is 1. The number of carbonyl (C=O) groups excluding carboxylic acids is 1. The van der Waals surface area contributed by atoms with Crippen molar-refractivity contribution < 1.29 is 65.5 Å². The molecule has 1 aromatic rings. The Labute approximate surface area is 232 Å². The third-order valence-corrected chi connectivity index (χ3v) is 6.31. The highest BCUT2D eigenvalue weighted by Gasteiger charge is 2.36. The summed E-state index contributed by atoms with van der Waals surface area (Å²) >= 11 is 0. The minimum atomic E-state index is -5.43. The fourth-order valence-electron chi connectivity index (χ4n) is 3.39. The van der Waals surface area contributed by atoms with E-state index in [9.17, 15) is 34.6 Å². The van der Waals surface area contributed by atoms with Gasteiger partial charge in [-0.2, -0.15) is 16.8 Å². The number of likely N-dealkylation sites (N-methyl/N-ethyl adjacent to an activating group) is 1. The Morgan fingerprint density at radius 3 is 2.15 bits per heavy atom. The van der Waals surface area contributed by atoms with Gasteiger partial charge in [0.25, 0.3) is 0 Å². The minimum absolute atomic E-state index is 0.0809. The number of benzene rings is 1. The van der Waals surface area contributed by atoms with Gasteiger partial charge in [0.15, 0.2) is 17.8 Å². The van der Waals surface area contributed by atoms with Crippen LogP contribution in [0, 0.1) is 0 Å². The molecule has 0 saturated heterocycles. The lowest BCUT2D eigenvalue weighted by Gasteiger charge is -2.34. The lowest BCUT2D eigenvalue weighted by molar-refractivity contribution is -0.887. The first-order chi connectivity index (χ1) is 18.0. The summed E-state index contributed by atoms with van der Waals surface area (Å²) in [5.74, 6) is -1.62. The number of ether oxygens (including phenoxy) is 1. The number of hydrogen-bond acceptors (Lipinski definition) is 13. The van der Waals surface area contributed by atoms with Crippen LogP contribution in [0.4, 0.5) is 0 Å². The molecule has 1 rings (SSSR count). The highest BCUT2D eigenvalue weighted by Crippen LogP contribution is 2.31. The van der Waals surface area contributed by atoms with E-state index in [0.29, 0.717) is 6.42 Å². The third-order valence-electron chi connectivity index (χ3n) is 5.06. The van der Waals surface area contributed by atoms with Crippen LogP contribution >= 0.6 is 0 Å². The molecule has 21 heteroatoms. The van der Waals surface area contributed by atoms with Crippen LogP contribution in [0.25, 0.3) is 0 Å². The van der Waals surface area contributed by atoms with Crippen LogP contribution in [-0.2, 0) is 55.7 Å². The zero-order chi connectivity index (χ0) is 31.1. The van der Waals surface area contributed by atoms with Crippen molar-refractivity contribution in [2.24, 2.45) is 16.5 Å². The van der Waals surface area contributed by atoms with Gasteiger partial charge in [0, 0.05) is 18.5 Å². The first-order valence-electron chi connectivity index (χ1n) is 11.1. The van der Waals surface area contributed by atoms with Gasteiger partial charge >= 0.3 is 26.8 Å². The monoisotopic (exact) mass is 636 g/mol. The standard InChI is InChI=1S/C19H32N4O14S3/c1-12(35-18(24)15(23(2,3)4)6-5-9-22-19(20)21)17(37-40(31,32)33)13-7-8-16(36-39(28,29)30)14(10-13)11-34-38(25,26)27/h7-8,10,12,15,17H,5-6,9,11H2,1-4H3,(H6-,20,21,22,25,26,27,28,29,30,31,32,33). The molecular weight excluding hydrogens is 604 g/mol. The highest BCUT2D eigenvalue weighted by atomic mass is 32.3. The number of nitrogens with two attached hydrogens (primary N) is 2. The summed E-state index contributed by atoms with van der Waals surface area (Å²) in [6, 6.07) is 1.92. The molecule has 18 nitrogen and oxygen atoms in total. The van der Waals surface area contributed by atoms with Crippen molar-refractivity contribution in [1.82, 2.24) is 0 Å².